The summed E-state index contributed by atoms with van der Waals surface area (Å²) in [5.74, 6) is 0.692. The second-order valence-electron chi connectivity index (χ2n) is 4.65. The molecule has 2 aromatic rings. The number of likely N-dealkylation sites (tertiary alicyclic amines) is 1. The number of aliphatic hydroxyl groups excluding tert-OH is 1. The van der Waals surface area contributed by atoms with Gasteiger partial charge in [0.15, 0.2) is 0 Å². The number of β-amino-alcohol motifs (C(OH)–C–C–N with tert-alkyl or cyclic N) is 1. The molecular weight excluding hydrogens is 248 g/mol. The summed E-state index contributed by atoms with van der Waals surface area (Å²) in [6, 6.07) is 4.00. The lowest BCUT2D eigenvalue weighted by Crippen LogP contribution is -2.37. The van der Waals surface area contributed by atoms with Crippen molar-refractivity contribution in [2.45, 2.75) is 25.5 Å². The van der Waals surface area contributed by atoms with Gasteiger partial charge in [-0.25, -0.2) is 4.98 Å². The summed E-state index contributed by atoms with van der Waals surface area (Å²) >= 11 is 1.63. The first-order chi connectivity index (χ1) is 8.81. The fourth-order valence-electron chi connectivity index (χ4n) is 2.30. The van der Waals surface area contributed by atoms with E-state index in [9.17, 15) is 5.11 Å². The molecule has 1 atom stereocenters. The summed E-state index contributed by atoms with van der Waals surface area (Å²) < 4.78 is 5.49. The van der Waals surface area contributed by atoms with E-state index in [0.717, 1.165) is 43.0 Å². The number of hydrogen-bond donors (Lipinski definition) is 1. The Bertz CT molecular complexity index is 495. The smallest absolute Gasteiger partial charge is 0.236 e. The molecule has 1 N–H and O–H groups in total. The molecule has 0 spiro atoms. The molecule has 18 heavy (non-hydrogen) atoms. The molecule has 1 aliphatic heterocycles. The molecular formula is C13H16N2O2S. The molecule has 3 heterocycles. The highest BCUT2D eigenvalue weighted by molar-refractivity contribution is 7.13. The molecule has 5 heteroatoms. The summed E-state index contributed by atoms with van der Waals surface area (Å²) in [4.78, 5) is 7.77. The normalized spacial score (nSPS) is 21.3. The van der Waals surface area contributed by atoms with Gasteiger partial charge in [-0.2, -0.15) is 0 Å². The van der Waals surface area contributed by atoms with Crippen LogP contribution in [0.25, 0.3) is 10.8 Å². The molecule has 0 unspecified atom stereocenters. The van der Waals surface area contributed by atoms with E-state index in [2.05, 4.69) is 9.88 Å². The van der Waals surface area contributed by atoms with E-state index in [1.165, 1.54) is 0 Å². The third kappa shape index (κ3) is 2.63. The largest absolute Gasteiger partial charge is 0.444 e. The highest BCUT2D eigenvalue weighted by atomic mass is 32.1. The van der Waals surface area contributed by atoms with E-state index in [1.54, 1.807) is 17.6 Å². The highest BCUT2D eigenvalue weighted by Gasteiger charge is 2.19. The number of oxazole rings is 1. The van der Waals surface area contributed by atoms with Crippen LogP contribution < -0.4 is 0 Å². The van der Waals surface area contributed by atoms with E-state index < -0.39 is 0 Å². The van der Waals surface area contributed by atoms with Gasteiger partial charge in [-0.1, -0.05) is 6.07 Å². The topological polar surface area (TPSA) is 49.5 Å². The quantitative estimate of drug-likeness (QED) is 0.924. The lowest BCUT2D eigenvalue weighted by molar-refractivity contribution is 0.0662. The summed E-state index contributed by atoms with van der Waals surface area (Å²) in [5.41, 5.74) is 0.938. The van der Waals surface area contributed by atoms with Crippen LogP contribution in [0.2, 0.25) is 0 Å². The first-order valence-corrected chi connectivity index (χ1v) is 7.08. The molecule has 96 valence electrons. The second kappa shape index (κ2) is 5.22. The first kappa shape index (κ1) is 11.9. The highest BCUT2D eigenvalue weighted by Crippen LogP contribution is 2.24. The average Bonchev–Trinajstić information content (AvgIpc) is 2.98. The van der Waals surface area contributed by atoms with Crippen molar-refractivity contribution in [3.63, 3.8) is 0 Å². The maximum Gasteiger partial charge on any atom is 0.236 e. The van der Waals surface area contributed by atoms with Crippen LogP contribution in [-0.2, 0) is 6.54 Å². The third-order valence-corrected chi connectivity index (χ3v) is 4.01. The van der Waals surface area contributed by atoms with Gasteiger partial charge in [0.05, 0.1) is 16.7 Å². The fourth-order valence-corrected chi connectivity index (χ4v) is 2.95. The fraction of sp³-hybridized carbons (Fsp3) is 0.462. The lowest BCUT2D eigenvalue weighted by Gasteiger charge is -2.29. The van der Waals surface area contributed by atoms with E-state index >= 15 is 0 Å². The summed E-state index contributed by atoms with van der Waals surface area (Å²) in [6.07, 6.45) is 3.49. The molecule has 0 saturated carbocycles. The van der Waals surface area contributed by atoms with Gasteiger partial charge in [-0.15, -0.1) is 11.3 Å². The van der Waals surface area contributed by atoms with Gasteiger partial charge in [-0.05, 0) is 30.8 Å². The van der Waals surface area contributed by atoms with E-state index in [4.69, 9.17) is 4.42 Å². The van der Waals surface area contributed by atoms with Crippen molar-refractivity contribution in [2.24, 2.45) is 0 Å². The molecule has 0 bridgehead atoms. The Morgan fingerprint density at radius 1 is 1.56 bits per heavy atom. The van der Waals surface area contributed by atoms with Crippen LogP contribution in [0.3, 0.4) is 0 Å². The lowest BCUT2D eigenvalue weighted by atomic mass is 10.1. The second-order valence-corrected chi connectivity index (χ2v) is 5.60. The SMILES string of the molecule is O[C@@H]1CCCN(Cc2coc(-c3cccs3)n2)C1. The Kier molecular flexibility index (Phi) is 3.45. The van der Waals surface area contributed by atoms with Crippen molar-refractivity contribution in [1.29, 1.82) is 0 Å². The minimum absolute atomic E-state index is 0.192. The standard InChI is InChI=1S/C13H16N2O2S/c16-11-3-1-5-15(8-11)7-10-9-17-13(14-10)12-4-2-6-18-12/h2,4,6,9,11,16H,1,3,5,7-8H2/t11-/m1/s1. The molecule has 0 aromatic carbocycles. The van der Waals surface area contributed by atoms with Crippen LogP contribution in [0.5, 0.6) is 0 Å². The van der Waals surface area contributed by atoms with Crippen LogP contribution in [0.15, 0.2) is 28.2 Å². The molecule has 2 aromatic heterocycles. The van der Waals surface area contributed by atoms with E-state index in [-0.39, 0.29) is 6.10 Å². The first-order valence-electron chi connectivity index (χ1n) is 6.20. The van der Waals surface area contributed by atoms with Crippen molar-refractivity contribution in [3.8, 4) is 10.8 Å². The Morgan fingerprint density at radius 3 is 3.28 bits per heavy atom. The van der Waals surface area contributed by atoms with Gasteiger partial charge < -0.3 is 9.52 Å². The zero-order valence-corrected chi connectivity index (χ0v) is 10.9. The minimum atomic E-state index is -0.192. The van der Waals surface area contributed by atoms with Crippen LogP contribution in [0, 0.1) is 0 Å². The van der Waals surface area contributed by atoms with Crippen LogP contribution in [0.4, 0.5) is 0 Å². The van der Waals surface area contributed by atoms with Crippen LogP contribution >= 0.6 is 11.3 Å². The molecule has 0 radical (unpaired) electrons. The third-order valence-electron chi connectivity index (χ3n) is 3.15. The number of hydrogen-bond acceptors (Lipinski definition) is 5. The number of nitrogens with zero attached hydrogens (tertiary/aromatic N) is 2. The van der Waals surface area contributed by atoms with Gasteiger partial charge >= 0.3 is 0 Å². The van der Waals surface area contributed by atoms with Crippen LogP contribution in [0.1, 0.15) is 18.5 Å². The molecule has 3 rings (SSSR count). The molecule has 4 nitrogen and oxygen atoms in total. The van der Waals surface area contributed by atoms with E-state index in [0.29, 0.717) is 5.89 Å². The Hall–Kier alpha value is -1.17. The molecule has 0 amide bonds. The van der Waals surface area contributed by atoms with Crippen molar-refractivity contribution in [2.75, 3.05) is 13.1 Å². The Labute approximate surface area is 110 Å². The number of aromatic nitrogens is 1. The monoisotopic (exact) mass is 264 g/mol. The summed E-state index contributed by atoms with van der Waals surface area (Å²) in [5, 5.41) is 11.6. The van der Waals surface area contributed by atoms with Gasteiger partial charge in [0.1, 0.15) is 6.26 Å². The number of thiophene rings is 1. The average molecular weight is 264 g/mol. The van der Waals surface area contributed by atoms with E-state index in [1.807, 2.05) is 17.5 Å². The van der Waals surface area contributed by atoms with Crippen molar-refractivity contribution >= 4 is 11.3 Å². The van der Waals surface area contributed by atoms with Crippen molar-refractivity contribution < 1.29 is 9.52 Å². The van der Waals surface area contributed by atoms with Gasteiger partial charge in [0, 0.05) is 13.1 Å². The Balaban J connectivity index is 1.66. The predicted octanol–water partition coefficient (Wildman–Crippen LogP) is 2.36. The Morgan fingerprint density at radius 2 is 2.50 bits per heavy atom. The van der Waals surface area contributed by atoms with Crippen LogP contribution in [-0.4, -0.2) is 34.2 Å². The maximum atomic E-state index is 9.63. The van der Waals surface area contributed by atoms with Crippen molar-refractivity contribution in [3.05, 3.63) is 29.5 Å². The van der Waals surface area contributed by atoms with Crippen molar-refractivity contribution in [1.82, 2.24) is 9.88 Å². The minimum Gasteiger partial charge on any atom is -0.444 e. The summed E-state index contributed by atoms with van der Waals surface area (Å²) in [7, 11) is 0. The van der Waals surface area contributed by atoms with Gasteiger partial charge in [0.2, 0.25) is 5.89 Å². The number of aliphatic hydroxyl groups is 1. The predicted molar refractivity (Wildman–Crippen MR) is 70.3 cm³/mol. The van der Waals surface area contributed by atoms with Gasteiger partial charge in [0.25, 0.3) is 0 Å². The maximum absolute atomic E-state index is 9.63. The number of piperidine rings is 1. The molecule has 1 fully saturated rings. The van der Waals surface area contributed by atoms with Gasteiger partial charge in [-0.3, -0.25) is 4.90 Å². The molecule has 0 aliphatic carbocycles. The molecule has 1 saturated heterocycles. The zero-order chi connectivity index (χ0) is 12.4. The number of rotatable bonds is 3. The summed E-state index contributed by atoms with van der Waals surface area (Å²) in [6.45, 7) is 2.52. The molecule has 1 aliphatic rings. The zero-order valence-electron chi connectivity index (χ0n) is 10.1.